The van der Waals surface area contributed by atoms with Crippen molar-refractivity contribution < 1.29 is 16.8 Å². The first-order valence-electron chi connectivity index (χ1n) is 9.85. The Labute approximate surface area is 244 Å². The Kier molecular flexibility index (Phi) is 9.94. The predicted molar refractivity (Wildman–Crippen MR) is 140 cm³/mol. The van der Waals surface area contributed by atoms with Gasteiger partial charge in [0.2, 0.25) is 20.0 Å². The van der Waals surface area contributed by atoms with E-state index in [9.17, 15) is 16.8 Å². The average Bonchev–Trinajstić information content (AvgIpc) is 3.20. The molecule has 3 aromatic rings. The maximum atomic E-state index is 12.6. The van der Waals surface area contributed by atoms with Gasteiger partial charge in [-0.05, 0) is 46.4 Å². The minimum atomic E-state index is -4.09. The van der Waals surface area contributed by atoms with Crippen LogP contribution in [0.4, 0.5) is 0 Å². The van der Waals surface area contributed by atoms with Gasteiger partial charge < -0.3 is 5.32 Å². The van der Waals surface area contributed by atoms with Crippen molar-refractivity contribution >= 4 is 91.3 Å². The van der Waals surface area contributed by atoms with Crippen LogP contribution in [0, 0.1) is 6.92 Å². The molecule has 0 spiro atoms. The molecule has 1 aliphatic heterocycles. The van der Waals surface area contributed by atoms with Crippen LogP contribution in [0.3, 0.4) is 0 Å². The first kappa shape index (κ1) is 29.4. The van der Waals surface area contributed by atoms with Crippen LogP contribution in [-0.4, -0.2) is 76.0 Å². The van der Waals surface area contributed by atoms with E-state index in [4.69, 9.17) is 10.3 Å². The molecule has 0 aliphatic carbocycles. The molecule has 34 heavy (non-hydrogen) atoms. The molecule has 0 radical (unpaired) electrons. The number of benzene rings is 3. The van der Waals surface area contributed by atoms with Gasteiger partial charge in [0, 0.05) is 18.7 Å². The van der Waals surface area contributed by atoms with Crippen molar-refractivity contribution in [3.8, 4) is 11.1 Å². The Hall–Kier alpha value is -0.820. The number of sulfonamides is 2. The summed E-state index contributed by atoms with van der Waals surface area (Å²) in [5, 5.41) is 14.3. The molecule has 1 heterocycles. The molecule has 11 heteroatoms. The second-order valence-corrected chi connectivity index (χ2v) is 10.8. The van der Waals surface area contributed by atoms with E-state index >= 15 is 0 Å². The molecule has 1 aliphatic rings. The van der Waals surface area contributed by atoms with Crippen LogP contribution in [-0.2, 0) is 33.1 Å². The molecule has 4 rings (SSSR count). The maximum absolute atomic E-state index is 12.6. The second kappa shape index (κ2) is 11.5. The van der Waals surface area contributed by atoms with Crippen molar-refractivity contribution in [3.05, 3.63) is 82.4 Å². The van der Waals surface area contributed by atoms with Crippen LogP contribution in [0.1, 0.15) is 27.8 Å². The van der Waals surface area contributed by atoms with Crippen molar-refractivity contribution in [2.24, 2.45) is 10.3 Å². The number of nitrogens with one attached hydrogen (secondary N) is 1. The van der Waals surface area contributed by atoms with Crippen LogP contribution >= 0.6 is 0 Å². The molecule has 0 aromatic heterocycles. The zero-order chi connectivity index (χ0) is 23.1. The molecule has 0 saturated carbocycles. The molecule has 0 fully saturated rings. The summed E-state index contributed by atoms with van der Waals surface area (Å²) < 4.78 is 49.3. The second-order valence-electron chi connectivity index (χ2n) is 7.74. The van der Waals surface area contributed by atoms with Gasteiger partial charge in [-0.2, -0.15) is 0 Å². The molecule has 0 amide bonds. The fourth-order valence-corrected chi connectivity index (χ4v) is 5.77. The Balaban J connectivity index is 0.00000204. The quantitative estimate of drug-likeness (QED) is 0.348. The zero-order valence-corrected chi connectivity index (χ0v) is 19.0. The molecule has 7 nitrogen and oxygen atoms in total. The molecular weight excluding hydrogens is 492 g/mol. The van der Waals surface area contributed by atoms with Gasteiger partial charge in [0.15, 0.2) is 0 Å². The Morgan fingerprint density at radius 2 is 1.44 bits per heavy atom. The van der Waals surface area contributed by atoms with E-state index in [0.29, 0.717) is 23.2 Å². The Morgan fingerprint density at radius 3 is 2.12 bits per heavy atom. The Morgan fingerprint density at radius 1 is 0.794 bits per heavy atom. The number of nitrogens with two attached hydrogens (primary N) is 2. The van der Waals surface area contributed by atoms with Gasteiger partial charge in [-0.15, -0.1) is 0 Å². The molecule has 170 valence electrons. The normalized spacial score (nSPS) is 13.3. The van der Waals surface area contributed by atoms with E-state index in [1.807, 2.05) is 18.2 Å². The minimum absolute atomic E-state index is 0. The van der Waals surface area contributed by atoms with Crippen molar-refractivity contribution in [2.75, 3.05) is 0 Å². The van der Waals surface area contributed by atoms with Gasteiger partial charge in [0.1, 0.15) is 0 Å². The summed E-state index contributed by atoms with van der Waals surface area (Å²) in [7, 11) is -8.05. The summed E-state index contributed by atoms with van der Waals surface area (Å²) in [4.78, 5) is -0.0465. The average molecular weight is 518 g/mol. The number of primary sulfonamides is 2. The van der Waals surface area contributed by atoms with Crippen LogP contribution in [0.5, 0.6) is 0 Å². The van der Waals surface area contributed by atoms with E-state index < -0.39 is 20.0 Å². The topological polar surface area (TPSA) is 132 Å². The van der Waals surface area contributed by atoms with Gasteiger partial charge in [0.05, 0.1) is 9.79 Å². The molecule has 0 atom stereocenters. The standard InChI is InChI=1S/C23H23N3O4S2.2Na.2H/c1-15-8-9-16(22(12-15)31(24,27)28)10-11-17-4-2-7-20(23(17)32(25,29)30)19-6-3-5-18-13-26-14-21(18)19;;;;/h2-12,26H,13-14H2,1H3,(H2,24,27,28)(H2,25,29,30);;;;. The number of rotatable bonds is 5. The predicted octanol–water partition coefficient (Wildman–Crippen LogP) is 1.43. The van der Waals surface area contributed by atoms with Crippen LogP contribution < -0.4 is 15.6 Å². The molecule has 0 saturated heterocycles. The SMILES string of the molecule is Cc1ccc(C=Cc2cccc(-c3cccc4c3CNC4)c2S(N)(=O)=O)c(S(N)(=O)=O)c1.[NaH].[NaH]. The third-order valence-corrected chi connectivity index (χ3v) is 7.42. The van der Waals surface area contributed by atoms with E-state index in [0.717, 1.165) is 28.8 Å². The summed E-state index contributed by atoms with van der Waals surface area (Å²) in [6, 6.07) is 15.7. The van der Waals surface area contributed by atoms with E-state index in [1.54, 1.807) is 43.3 Å². The van der Waals surface area contributed by atoms with Crippen LogP contribution in [0.15, 0.2) is 64.4 Å². The number of fused-ring (bicyclic) bond motifs is 1. The van der Waals surface area contributed by atoms with Gasteiger partial charge in [-0.25, -0.2) is 27.1 Å². The Bertz CT molecular complexity index is 1470. The van der Waals surface area contributed by atoms with E-state index in [1.165, 1.54) is 12.1 Å². The van der Waals surface area contributed by atoms with Crippen LogP contribution in [0.2, 0.25) is 0 Å². The van der Waals surface area contributed by atoms with Crippen molar-refractivity contribution in [1.29, 1.82) is 0 Å². The summed E-state index contributed by atoms with van der Waals surface area (Å²) in [5.74, 6) is 0. The monoisotopic (exact) mass is 517 g/mol. The van der Waals surface area contributed by atoms with Crippen molar-refractivity contribution in [2.45, 2.75) is 29.8 Å². The van der Waals surface area contributed by atoms with Crippen molar-refractivity contribution in [1.82, 2.24) is 5.32 Å². The zero-order valence-electron chi connectivity index (χ0n) is 17.4. The van der Waals surface area contributed by atoms with Gasteiger partial charge in [-0.1, -0.05) is 60.7 Å². The van der Waals surface area contributed by atoms with Crippen molar-refractivity contribution in [3.63, 3.8) is 0 Å². The number of hydrogen-bond donors (Lipinski definition) is 3. The third-order valence-electron chi connectivity index (χ3n) is 5.43. The number of aryl methyl sites for hydroxylation is 1. The fraction of sp³-hybridized carbons (Fsp3) is 0.130. The van der Waals surface area contributed by atoms with Crippen LogP contribution in [0.25, 0.3) is 23.3 Å². The molecule has 0 unspecified atom stereocenters. The number of hydrogen-bond acceptors (Lipinski definition) is 5. The fourth-order valence-electron chi connectivity index (χ4n) is 4.00. The van der Waals surface area contributed by atoms with E-state index in [2.05, 4.69) is 5.32 Å². The molecule has 0 bridgehead atoms. The summed E-state index contributed by atoms with van der Waals surface area (Å²) in [6.07, 6.45) is 3.08. The van der Waals surface area contributed by atoms with Gasteiger partial charge in [-0.3, -0.25) is 0 Å². The first-order valence-corrected chi connectivity index (χ1v) is 12.9. The summed E-state index contributed by atoms with van der Waals surface area (Å²) in [5.41, 5.74) is 4.90. The first-order chi connectivity index (χ1) is 15.1. The molecular formula is C23H25N3Na2O4S2. The third kappa shape index (κ3) is 6.29. The summed E-state index contributed by atoms with van der Waals surface area (Å²) in [6.45, 7) is 3.12. The summed E-state index contributed by atoms with van der Waals surface area (Å²) >= 11 is 0. The molecule has 3 aromatic carbocycles. The van der Waals surface area contributed by atoms with E-state index in [-0.39, 0.29) is 68.9 Å². The van der Waals surface area contributed by atoms with Gasteiger partial charge >= 0.3 is 59.1 Å². The molecule has 5 N–H and O–H groups in total. The van der Waals surface area contributed by atoms with Gasteiger partial charge in [0.25, 0.3) is 0 Å².